The molecule has 0 atom stereocenters. The lowest BCUT2D eigenvalue weighted by atomic mass is 9.98. The van der Waals surface area contributed by atoms with Crippen LogP contribution >= 0.6 is 0 Å². The van der Waals surface area contributed by atoms with Gasteiger partial charge in [-0.3, -0.25) is 0 Å². The number of benzene rings is 14. The predicted molar refractivity (Wildman–Crippen MR) is 400 cm³/mol. The number of nitrogens with zero attached hydrogens (tertiary/aromatic N) is 8. The van der Waals surface area contributed by atoms with Crippen LogP contribution in [0, 0.1) is 24.5 Å². The molecule has 8 nitrogen and oxygen atoms in total. The molecule has 0 fully saturated rings. The number of nitriles is 1. The maximum absolute atomic E-state index is 10.5. The molecule has 0 spiro atoms. The normalized spacial score (nSPS) is 11.2. The molecule has 0 aliphatic carbocycles. The summed E-state index contributed by atoms with van der Waals surface area (Å²) in [6, 6.07) is 116. The van der Waals surface area contributed by atoms with Crippen molar-refractivity contribution in [2.45, 2.75) is 0 Å². The average Bonchev–Trinajstić information content (AvgIpc) is 1.57. The zero-order chi connectivity index (χ0) is 65.6. The van der Waals surface area contributed by atoms with E-state index in [4.69, 9.17) is 28.1 Å². The summed E-state index contributed by atoms with van der Waals surface area (Å²) in [4.78, 5) is 23.9. The van der Waals surface area contributed by atoms with E-state index >= 15 is 0 Å². The van der Waals surface area contributed by atoms with Crippen LogP contribution in [0.5, 0.6) is 0 Å². The second-order valence-electron chi connectivity index (χ2n) is 24.4. The van der Waals surface area contributed by atoms with Crippen LogP contribution in [0.3, 0.4) is 0 Å². The Morgan fingerprint density at radius 3 is 0.939 bits per heavy atom. The molecule has 0 aliphatic heterocycles. The number of aromatic nitrogens is 5. The standard InChI is InChI=1S/C90H54N8/c1-92-74-30-16-27-65(49-74)63-32-34-64(35-33-63)88-94-89(72-40-46-82(76(55-72)70-28-15-18-58(48-70)57-91)97-84-42-36-66(59-19-7-3-8-20-59)51-78(84)79-52-67(37-43-85(79)97)60-21-9-4-10-22-60)96-90(95-88)73-41-47-83(77(56-73)71-29-17-31-75(50-71)93-2)98-86-44-38-68(61-23-11-5-12-24-61)53-80(86)81-54-69(39-45-87(81)98)62-25-13-6-14-26-62/h3-56H. The lowest BCUT2D eigenvalue weighted by molar-refractivity contribution is 1.07. The molecule has 17 aromatic rings. The van der Waals surface area contributed by atoms with E-state index in [1.807, 2.05) is 109 Å². The molecule has 0 radical (unpaired) electrons. The maximum atomic E-state index is 10.5. The average molecular weight is 1250 g/mol. The Labute approximate surface area is 566 Å². The molecule has 0 aliphatic rings. The summed E-state index contributed by atoms with van der Waals surface area (Å²) in [5.41, 5.74) is 24.1. The molecule has 98 heavy (non-hydrogen) atoms. The van der Waals surface area contributed by atoms with Crippen molar-refractivity contribution in [2.24, 2.45) is 0 Å². The molecule has 454 valence electrons. The van der Waals surface area contributed by atoms with E-state index in [0.29, 0.717) is 34.4 Å². The molecular weight excluding hydrogens is 1190 g/mol. The summed E-state index contributed by atoms with van der Waals surface area (Å²) in [6.45, 7) is 15.9. The summed E-state index contributed by atoms with van der Waals surface area (Å²) >= 11 is 0. The molecule has 3 aromatic heterocycles. The minimum Gasteiger partial charge on any atom is -0.309 e. The van der Waals surface area contributed by atoms with Crippen LogP contribution in [0.2, 0.25) is 0 Å². The first-order valence-corrected chi connectivity index (χ1v) is 32.4. The molecule has 0 N–H and O–H groups in total. The molecule has 0 saturated carbocycles. The highest BCUT2D eigenvalue weighted by atomic mass is 15.0. The van der Waals surface area contributed by atoms with E-state index in [0.717, 1.165) is 150 Å². The smallest absolute Gasteiger partial charge is 0.187 e. The number of rotatable bonds is 12. The fourth-order valence-corrected chi connectivity index (χ4v) is 13.8. The summed E-state index contributed by atoms with van der Waals surface area (Å²) < 4.78 is 4.70. The van der Waals surface area contributed by atoms with Crippen molar-refractivity contribution in [3.63, 3.8) is 0 Å². The molecule has 8 heteroatoms. The molecule has 0 amide bonds. The molecule has 3 heterocycles. The van der Waals surface area contributed by atoms with E-state index in [2.05, 4.69) is 243 Å². The van der Waals surface area contributed by atoms with Crippen LogP contribution in [0.4, 0.5) is 11.4 Å². The van der Waals surface area contributed by atoms with Gasteiger partial charge in [-0.1, -0.05) is 218 Å². The van der Waals surface area contributed by atoms with Crippen molar-refractivity contribution in [1.82, 2.24) is 24.1 Å². The van der Waals surface area contributed by atoms with Crippen molar-refractivity contribution in [1.29, 1.82) is 5.26 Å². The molecule has 0 unspecified atom stereocenters. The zero-order valence-electron chi connectivity index (χ0n) is 52.8. The number of hydrogen-bond acceptors (Lipinski definition) is 4. The van der Waals surface area contributed by atoms with Crippen LogP contribution in [-0.4, -0.2) is 24.1 Å². The summed E-state index contributed by atoms with van der Waals surface area (Å²) in [5.74, 6) is 1.34. The minimum atomic E-state index is 0.441. The van der Waals surface area contributed by atoms with Gasteiger partial charge in [-0.25, -0.2) is 24.6 Å². The Morgan fingerprint density at radius 1 is 0.255 bits per heavy atom. The highest BCUT2D eigenvalue weighted by Gasteiger charge is 2.24. The van der Waals surface area contributed by atoms with E-state index in [1.165, 1.54) is 0 Å². The van der Waals surface area contributed by atoms with E-state index in [1.54, 1.807) is 0 Å². The predicted octanol–water partition coefficient (Wildman–Crippen LogP) is 23.7. The van der Waals surface area contributed by atoms with Crippen molar-refractivity contribution >= 4 is 55.0 Å². The fraction of sp³-hybridized carbons (Fsp3) is 0. The van der Waals surface area contributed by atoms with Gasteiger partial charge in [0.05, 0.1) is 58.2 Å². The molecule has 0 bridgehead atoms. The summed E-state index contributed by atoms with van der Waals surface area (Å²) in [5, 5.41) is 14.9. The van der Waals surface area contributed by atoms with E-state index < -0.39 is 0 Å². The minimum absolute atomic E-state index is 0.441. The van der Waals surface area contributed by atoms with Crippen molar-refractivity contribution in [2.75, 3.05) is 0 Å². The zero-order valence-corrected chi connectivity index (χ0v) is 52.8. The fourth-order valence-electron chi connectivity index (χ4n) is 13.8. The number of hydrogen-bond donors (Lipinski definition) is 0. The Morgan fingerprint density at radius 2 is 0.551 bits per heavy atom. The highest BCUT2D eigenvalue weighted by Crippen LogP contribution is 2.45. The van der Waals surface area contributed by atoms with Crippen molar-refractivity contribution in [3.8, 4) is 129 Å². The van der Waals surface area contributed by atoms with E-state index in [9.17, 15) is 5.26 Å². The maximum Gasteiger partial charge on any atom is 0.187 e. The largest absolute Gasteiger partial charge is 0.309 e. The Kier molecular flexibility index (Phi) is 14.5. The van der Waals surface area contributed by atoms with Crippen LogP contribution < -0.4 is 0 Å². The molecule has 0 saturated heterocycles. The van der Waals surface area contributed by atoms with Crippen LogP contribution in [0.15, 0.2) is 328 Å². The van der Waals surface area contributed by atoms with Gasteiger partial charge in [-0.2, -0.15) is 5.26 Å². The van der Waals surface area contributed by atoms with Crippen molar-refractivity contribution in [3.05, 3.63) is 356 Å². The van der Waals surface area contributed by atoms with Gasteiger partial charge < -0.3 is 9.13 Å². The quantitative estimate of drug-likeness (QED) is 0.114. The van der Waals surface area contributed by atoms with Crippen LogP contribution in [-0.2, 0) is 0 Å². The first-order chi connectivity index (χ1) is 48.4. The Hall–Kier alpha value is -13.8. The second-order valence-corrected chi connectivity index (χ2v) is 24.4. The topological polar surface area (TPSA) is 81.0 Å². The monoisotopic (exact) mass is 1250 g/mol. The van der Waals surface area contributed by atoms with Gasteiger partial charge >= 0.3 is 0 Å². The first-order valence-electron chi connectivity index (χ1n) is 32.4. The summed E-state index contributed by atoms with van der Waals surface area (Å²) in [6.07, 6.45) is 0. The second kappa shape index (κ2) is 24.6. The van der Waals surface area contributed by atoms with Gasteiger partial charge in [-0.05, 0) is 176 Å². The highest BCUT2D eigenvalue weighted by molar-refractivity contribution is 6.14. The first kappa shape index (κ1) is 58.0. The van der Waals surface area contributed by atoms with Gasteiger partial charge in [0.2, 0.25) is 0 Å². The molecule has 14 aromatic carbocycles. The lowest BCUT2D eigenvalue weighted by Gasteiger charge is -2.18. The van der Waals surface area contributed by atoms with Gasteiger partial charge in [0, 0.05) is 49.4 Å². The molecule has 17 rings (SSSR count). The van der Waals surface area contributed by atoms with Gasteiger partial charge in [0.15, 0.2) is 28.8 Å². The third-order valence-electron chi connectivity index (χ3n) is 18.6. The summed E-state index contributed by atoms with van der Waals surface area (Å²) in [7, 11) is 0. The Bertz CT molecular complexity index is 5610. The number of fused-ring (bicyclic) bond motifs is 6. The third kappa shape index (κ3) is 10.6. The third-order valence-corrected chi connectivity index (χ3v) is 18.6. The van der Waals surface area contributed by atoms with Gasteiger partial charge in [0.25, 0.3) is 0 Å². The van der Waals surface area contributed by atoms with Crippen LogP contribution in [0.25, 0.3) is 177 Å². The van der Waals surface area contributed by atoms with Crippen molar-refractivity contribution < 1.29 is 0 Å². The van der Waals surface area contributed by atoms with Gasteiger partial charge in [0.1, 0.15) is 0 Å². The lowest BCUT2D eigenvalue weighted by Crippen LogP contribution is -2.03. The van der Waals surface area contributed by atoms with E-state index in [-0.39, 0.29) is 0 Å². The Balaban J connectivity index is 0.881. The molecular formula is C90H54N8. The van der Waals surface area contributed by atoms with Crippen LogP contribution in [0.1, 0.15) is 5.56 Å². The van der Waals surface area contributed by atoms with Gasteiger partial charge in [-0.15, -0.1) is 0 Å². The SMILES string of the molecule is [C-]#[N+]c1cccc(-c2ccc(-c3nc(-c4ccc(-n5c6ccc(-c7ccccc7)cc6c6cc(-c7ccccc7)ccc65)c(-c5cccc(C#N)c5)c4)nc(-c4ccc(-n5c6ccc(-c7ccccc7)cc6c6cc(-c7ccccc7)ccc65)c(-c5cccc([N+]#[C-])c5)c4)n3)cc2)c1.